The van der Waals surface area contributed by atoms with Gasteiger partial charge in [0.15, 0.2) is 0 Å². The minimum absolute atomic E-state index is 0.302. The molecule has 0 aromatic heterocycles. The normalized spacial score (nSPS) is 60.6. The number of hydrogen-bond donors (Lipinski definition) is 0. The summed E-state index contributed by atoms with van der Waals surface area (Å²) in [6.07, 6.45) is 3.79. The summed E-state index contributed by atoms with van der Waals surface area (Å²) in [5.41, 5.74) is 0. The molecule has 0 unspecified atom stereocenters. The van der Waals surface area contributed by atoms with E-state index in [1.54, 1.807) is 0 Å². The molecule has 2 saturated carbocycles. The predicted molar refractivity (Wildman–Crippen MR) is 45.5 cm³/mol. The van der Waals surface area contributed by atoms with Crippen LogP contribution in [0.3, 0.4) is 0 Å². The Kier molecular flexibility index (Phi) is 1.06. The third-order valence-electron chi connectivity index (χ3n) is 3.03. The lowest BCUT2D eigenvalue weighted by Gasteiger charge is -1.98. The van der Waals surface area contributed by atoms with Crippen LogP contribution in [-0.2, 0) is 4.74 Å². The highest BCUT2D eigenvalue weighted by molar-refractivity contribution is 9.25. The summed E-state index contributed by atoms with van der Waals surface area (Å²) in [6.45, 7) is 0. The van der Waals surface area contributed by atoms with Crippen molar-refractivity contribution in [3.8, 4) is 0 Å². The number of ether oxygens (including phenoxy) is 1. The van der Waals surface area contributed by atoms with Crippen LogP contribution in [0.15, 0.2) is 0 Å². The number of epoxide rings is 1. The minimum Gasteiger partial charge on any atom is -0.370 e. The molecule has 56 valence electrons. The van der Waals surface area contributed by atoms with E-state index in [9.17, 15) is 0 Å². The van der Waals surface area contributed by atoms with E-state index >= 15 is 0 Å². The van der Waals surface area contributed by atoms with Gasteiger partial charge in [-0.25, -0.2) is 0 Å². The van der Waals surface area contributed by atoms with Gasteiger partial charge in [-0.3, -0.25) is 0 Å². The van der Waals surface area contributed by atoms with Crippen LogP contribution in [0.1, 0.15) is 12.8 Å². The molecular weight excluding hydrogens is 260 g/mol. The zero-order chi connectivity index (χ0) is 6.93. The van der Waals surface area contributed by atoms with Gasteiger partial charge in [0, 0.05) is 0 Å². The molecule has 0 bridgehead atoms. The van der Waals surface area contributed by atoms with Crippen LogP contribution < -0.4 is 0 Å². The van der Waals surface area contributed by atoms with Crippen molar-refractivity contribution in [2.24, 2.45) is 11.8 Å². The Labute approximate surface area is 76.8 Å². The van der Waals surface area contributed by atoms with Crippen LogP contribution in [0, 0.1) is 11.8 Å². The largest absolute Gasteiger partial charge is 0.370 e. The molecule has 3 rings (SSSR count). The van der Waals surface area contributed by atoms with Crippen LogP contribution in [0.25, 0.3) is 0 Å². The number of hydrogen-bond acceptors (Lipinski definition) is 1. The van der Waals surface area contributed by atoms with E-state index < -0.39 is 0 Å². The average molecular weight is 268 g/mol. The van der Waals surface area contributed by atoms with Crippen LogP contribution in [-0.4, -0.2) is 15.4 Å². The third kappa shape index (κ3) is 0.669. The van der Waals surface area contributed by atoms with E-state index in [4.69, 9.17) is 4.74 Å². The molecule has 3 aliphatic rings. The molecule has 3 fully saturated rings. The molecule has 1 heterocycles. The Bertz CT molecular complexity index is 174. The first kappa shape index (κ1) is 6.44. The Hall–Kier alpha value is 0.920. The molecule has 0 amide bonds. The fourth-order valence-electron chi connectivity index (χ4n) is 2.20. The topological polar surface area (TPSA) is 12.5 Å². The number of alkyl halides is 2. The first-order valence-electron chi connectivity index (χ1n) is 3.73. The number of fused-ring (bicyclic) bond motifs is 2. The maximum atomic E-state index is 5.43. The van der Waals surface area contributed by atoms with E-state index in [-0.39, 0.29) is 0 Å². The van der Waals surface area contributed by atoms with Gasteiger partial charge < -0.3 is 4.74 Å². The van der Waals surface area contributed by atoms with Gasteiger partial charge in [0.2, 0.25) is 0 Å². The molecule has 4 atom stereocenters. The molecule has 0 spiro atoms. The van der Waals surface area contributed by atoms with Crippen molar-refractivity contribution in [1.82, 2.24) is 0 Å². The molecule has 2 aliphatic carbocycles. The quantitative estimate of drug-likeness (QED) is 0.485. The van der Waals surface area contributed by atoms with Gasteiger partial charge in [-0.15, -0.1) is 0 Å². The van der Waals surface area contributed by atoms with E-state index in [2.05, 4.69) is 31.9 Å². The van der Waals surface area contributed by atoms with Crippen LogP contribution in [0.4, 0.5) is 0 Å². The van der Waals surface area contributed by atoms with Crippen LogP contribution in [0.5, 0.6) is 0 Å². The van der Waals surface area contributed by atoms with Gasteiger partial charge >= 0.3 is 0 Å². The number of halogens is 2. The van der Waals surface area contributed by atoms with Crippen molar-refractivity contribution in [3.05, 3.63) is 0 Å². The summed E-state index contributed by atoms with van der Waals surface area (Å²) in [7, 11) is 0. The maximum Gasteiger partial charge on any atom is 0.0870 e. The molecule has 0 aromatic rings. The molecular formula is C7H8Br2O. The summed E-state index contributed by atoms with van der Waals surface area (Å²) in [4.78, 5) is 0. The van der Waals surface area contributed by atoms with Gasteiger partial charge in [-0.2, -0.15) is 0 Å². The molecule has 1 saturated heterocycles. The molecule has 10 heavy (non-hydrogen) atoms. The highest BCUT2D eigenvalue weighted by atomic mass is 79.9. The standard InChI is InChI=1S/C7H8Br2O/c8-7(9)3-1-5-6(10-5)2-4(3)7/h3-6H,1-2H2/t3-,4+,5-,6+. The van der Waals surface area contributed by atoms with Crippen molar-refractivity contribution in [2.75, 3.05) is 0 Å². The smallest absolute Gasteiger partial charge is 0.0870 e. The lowest BCUT2D eigenvalue weighted by atomic mass is 10.0. The Morgan fingerprint density at radius 3 is 2.10 bits per heavy atom. The van der Waals surface area contributed by atoms with E-state index in [0.717, 1.165) is 11.8 Å². The molecule has 0 N–H and O–H groups in total. The number of rotatable bonds is 0. The molecule has 0 radical (unpaired) electrons. The monoisotopic (exact) mass is 266 g/mol. The van der Waals surface area contributed by atoms with Gasteiger partial charge in [-0.05, 0) is 24.7 Å². The van der Waals surface area contributed by atoms with Gasteiger partial charge in [0.05, 0.1) is 15.4 Å². The molecule has 3 heteroatoms. The zero-order valence-electron chi connectivity index (χ0n) is 5.39. The highest BCUT2D eigenvalue weighted by Gasteiger charge is 2.68. The SMILES string of the molecule is BrC1(Br)[C@@H]2C[C@H]3O[C@H]3C[C@@H]21. The second-order valence-corrected chi connectivity index (χ2v) is 7.26. The first-order chi connectivity index (χ1) is 4.69. The summed E-state index contributed by atoms with van der Waals surface area (Å²) in [5.74, 6) is 1.69. The van der Waals surface area contributed by atoms with Crippen molar-refractivity contribution in [2.45, 2.75) is 28.3 Å². The molecule has 1 nitrogen and oxygen atoms in total. The summed E-state index contributed by atoms with van der Waals surface area (Å²) < 4.78 is 5.73. The van der Waals surface area contributed by atoms with Crippen LogP contribution in [0.2, 0.25) is 0 Å². The fraction of sp³-hybridized carbons (Fsp3) is 1.00. The van der Waals surface area contributed by atoms with Crippen molar-refractivity contribution in [1.29, 1.82) is 0 Å². The lowest BCUT2D eigenvalue weighted by molar-refractivity contribution is 0.363. The third-order valence-corrected chi connectivity index (χ3v) is 5.38. The van der Waals surface area contributed by atoms with E-state index in [1.807, 2.05) is 0 Å². The van der Waals surface area contributed by atoms with Gasteiger partial charge in [-0.1, -0.05) is 31.9 Å². The fourth-order valence-corrected chi connectivity index (χ4v) is 3.96. The Balaban J connectivity index is 1.83. The van der Waals surface area contributed by atoms with E-state index in [1.165, 1.54) is 12.8 Å². The minimum atomic E-state index is 0.302. The Morgan fingerprint density at radius 2 is 1.60 bits per heavy atom. The Morgan fingerprint density at radius 1 is 1.10 bits per heavy atom. The predicted octanol–water partition coefficient (Wildman–Crippen LogP) is 2.28. The lowest BCUT2D eigenvalue weighted by Crippen LogP contribution is -2.03. The summed E-state index contributed by atoms with van der Waals surface area (Å²) in [5, 5.41) is 0. The first-order valence-corrected chi connectivity index (χ1v) is 5.31. The molecule has 0 aromatic carbocycles. The highest BCUT2D eigenvalue weighted by Crippen LogP contribution is 2.70. The van der Waals surface area contributed by atoms with Gasteiger partial charge in [0.1, 0.15) is 0 Å². The average Bonchev–Trinajstić information content (AvgIpc) is 2.70. The van der Waals surface area contributed by atoms with Gasteiger partial charge in [0.25, 0.3) is 0 Å². The summed E-state index contributed by atoms with van der Waals surface area (Å²) >= 11 is 7.38. The second kappa shape index (κ2) is 1.64. The summed E-state index contributed by atoms with van der Waals surface area (Å²) in [6, 6.07) is 0. The zero-order valence-corrected chi connectivity index (χ0v) is 8.56. The van der Waals surface area contributed by atoms with Crippen molar-refractivity contribution < 1.29 is 4.74 Å². The van der Waals surface area contributed by atoms with Crippen molar-refractivity contribution in [3.63, 3.8) is 0 Å². The van der Waals surface area contributed by atoms with E-state index in [0.29, 0.717) is 15.4 Å². The molecule has 1 aliphatic heterocycles. The maximum absolute atomic E-state index is 5.43. The second-order valence-electron chi connectivity index (χ2n) is 3.57. The van der Waals surface area contributed by atoms with Crippen LogP contribution >= 0.6 is 31.9 Å². The van der Waals surface area contributed by atoms with Crippen molar-refractivity contribution >= 4 is 31.9 Å².